The molecule has 0 saturated heterocycles. The Morgan fingerprint density at radius 1 is 0.794 bits per heavy atom. The molecule has 11 heteroatoms. The highest BCUT2D eigenvalue weighted by molar-refractivity contribution is 14.1. The summed E-state index contributed by atoms with van der Waals surface area (Å²) in [5, 5.41) is 0.424. The van der Waals surface area contributed by atoms with Crippen molar-refractivity contribution in [1.82, 2.24) is 0 Å². The summed E-state index contributed by atoms with van der Waals surface area (Å²) in [5.74, 6) is -10.5. The molecule has 2 heterocycles. The maximum absolute atomic E-state index is 14.7. The van der Waals surface area contributed by atoms with Gasteiger partial charge in [-0.25, -0.2) is 31.1 Å². The molecule has 0 spiro atoms. The van der Waals surface area contributed by atoms with E-state index in [4.69, 9.17) is 4.74 Å². The normalized spacial score (nSPS) is 11.5. The van der Waals surface area contributed by atoms with Gasteiger partial charge in [-0.1, -0.05) is 0 Å². The van der Waals surface area contributed by atoms with Crippen molar-refractivity contribution in [3.63, 3.8) is 0 Å². The largest absolute Gasteiger partial charge is 0.422 e. The van der Waals surface area contributed by atoms with Gasteiger partial charge in [-0.05, 0) is 46.2 Å². The number of ether oxygens (including phenoxy) is 1. The summed E-state index contributed by atoms with van der Waals surface area (Å²) < 4.78 is 91.1. The predicted molar refractivity (Wildman–Crippen MR) is 127 cm³/mol. The quantitative estimate of drug-likeness (QED) is 0.0505. The van der Waals surface area contributed by atoms with Crippen molar-refractivity contribution in [2.45, 2.75) is 0 Å². The molecule has 0 atom stereocenters. The number of hydrogen-bond acceptors (Lipinski definition) is 3. The van der Waals surface area contributed by atoms with Gasteiger partial charge in [-0.3, -0.25) is 0 Å². The third-order valence-corrected chi connectivity index (χ3v) is 9.44. The molecule has 0 unspecified atom stereocenters. The van der Waals surface area contributed by atoms with E-state index in [9.17, 15) is 31.1 Å². The van der Waals surface area contributed by atoms with Crippen LogP contribution in [0.25, 0.3) is 25.1 Å². The monoisotopic (exact) mass is 621 g/mol. The lowest BCUT2D eigenvalue weighted by Gasteiger charge is -2.03. The molecule has 5 rings (SSSR count). The first-order valence-corrected chi connectivity index (χ1v) is 12.5. The van der Waals surface area contributed by atoms with Gasteiger partial charge in [0.05, 0.1) is 10.8 Å². The van der Waals surface area contributed by atoms with Crippen molar-refractivity contribution in [2.75, 3.05) is 0 Å². The van der Waals surface area contributed by atoms with Gasteiger partial charge >= 0.3 is 5.97 Å². The van der Waals surface area contributed by atoms with Crippen LogP contribution in [0.1, 0.15) is 9.67 Å². The molecule has 0 aliphatic carbocycles. The molecule has 0 radical (unpaired) electrons. The number of carbonyl (C=O) groups is 1. The third-order valence-electron chi connectivity index (χ3n) is 5.01. The van der Waals surface area contributed by atoms with Crippen molar-refractivity contribution in [1.29, 1.82) is 0 Å². The molecule has 0 aliphatic rings. The van der Waals surface area contributed by atoms with Crippen LogP contribution in [0.2, 0.25) is 0 Å². The van der Waals surface area contributed by atoms with E-state index in [1.54, 1.807) is 11.4 Å². The minimum Gasteiger partial charge on any atom is -0.422 e. The average Bonchev–Trinajstić information content (AvgIpc) is 3.37. The highest BCUT2D eigenvalue weighted by atomic mass is 127. The fourth-order valence-electron chi connectivity index (χ4n) is 3.54. The van der Waals surface area contributed by atoms with Crippen molar-refractivity contribution in [2.24, 2.45) is 0 Å². The van der Waals surface area contributed by atoms with Crippen molar-refractivity contribution >= 4 is 70.5 Å². The number of halogens is 7. The van der Waals surface area contributed by atoms with Gasteiger partial charge in [0.15, 0.2) is 49.2 Å². The van der Waals surface area contributed by atoms with E-state index in [1.165, 1.54) is 35.6 Å². The van der Waals surface area contributed by atoms with Crippen LogP contribution in [0.15, 0.2) is 47.8 Å². The zero-order valence-corrected chi connectivity index (χ0v) is 20.2. The Balaban J connectivity index is 1.69. The molecule has 2 nitrogen and oxygen atoms in total. The number of hydrogen-bond donors (Lipinski definition) is 0. The summed E-state index contributed by atoms with van der Waals surface area (Å²) in [6, 6.07) is 8.85. The zero-order valence-electron chi connectivity index (χ0n) is 16.4. The molecule has 0 fully saturated rings. The fourth-order valence-corrected chi connectivity index (χ4v) is 7.61. The number of benzene rings is 3. The minimum absolute atomic E-state index is 0.159. The summed E-state index contributed by atoms with van der Waals surface area (Å²) in [5.41, 5.74) is 0. The first kappa shape index (κ1) is 23.1. The smallest absolute Gasteiger partial charge is 0.354 e. The van der Waals surface area contributed by atoms with E-state index in [-0.39, 0.29) is 15.1 Å². The highest BCUT2D eigenvalue weighted by Crippen LogP contribution is 2.51. The Hall–Kier alpha value is -2.64. The predicted octanol–water partition coefficient (Wildman–Crippen LogP) is 8.45. The van der Waals surface area contributed by atoms with E-state index < -0.39 is 62.1 Å². The van der Waals surface area contributed by atoms with E-state index in [0.29, 0.717) is 21.9 Å². The molecule has 0 bridgehead atoms. The van der Waals surface area contributed by atoms with Gasteiger partial charge in [0.25, 0.3) is 0 Å². The lowest BCUT2D eigenvalue weighted by atomic mass is 10.1. The van der Waals surface area contributed by atoms with Gasteiger partial charge in [0.2, 0.25) is 0 Å². The van der Waals surface area contributed by atoms with E-state index >= 15 is 0 Å². The van der Waals surface area contributed by atoms with E-state index in [2.05, 4.69) is 0 Å². The first-order valence-electron chi connectivity index (χ1n) is 9.34. The van der Waals surface area contributed by atoms with Gasteiger partial charge < -0.3 is 4.74 Å². The summed E-state index contributed by atoms with van der Waals surface area (Å²) in [6.45, 7) is 0. The van der Waals surface area contributed by atoms with Crippen LogP contribution < -0.4 is 4.74 Å². The van der Waals surface area contributed by atoms with Crippen LogP contribution in [-0.4, -0.2) is 5.97 Å². The first-order chi connectivity index (χ1) is 16.2. The average molecular weight is 621 g/mol. The number of fused-ring (bicyclic) bond motifs is 3. The number of esters is 1. The van der Waals surface area contributed by atoms with E-state index in [1.807, 2.05) is 22.6 Å². The Labute approximate surface area is 207 Å². The highest BCUT2D eigenvalue weighted by Gasteiger charge is 2.34. The molecule has 0 saturated carbocycles. The van der Waals surface area contributed by atoms with Crippen molar-refractivity contribution in [3.8, 4) is 10.6 Å². The Morgan fingerprint density at radius 2 is 1.32 bits per heavy atom. The number of carbonyl (C=O) groups excluding carboxylic acids is 1. The Morgan fingerprint density at radius 3 is 1.79 bits per heavy atom. The lowest BCUT2D eigenvalue weighted by molar-refractivity contribution is 0.0739. The van der Waals surface area contributed by atoms with Crippen LogP contribution in [-0.2, 0) is 0 Å². The zero-order chi connectivity index (χ0) is 24.3. The van der Waals surface area contributed by atoms with Crippen molar-refractivity contribution in [3.05, 3.63) is 91.2 Å². The molecular weight excluding hydrogens is 613 g/mol. The number of thiophene rings is 2. The van der Waals surface area contributed by atoms with Crippen LogP contribution in [0, 0.1) is 38.5 Å². The molecule has 0 N–H and O–H groups in total. The Bertz CT molecular complexity index is 1550. The van der Waals surface area contributed by atoms with Gasteiger partial charge in [-0.15, -0.1) is 11.3 Å². The second-order valence-electron chi connectivity index (χ2n) is 6.98. The third kappa shape index (κ3) is 3.57. The fraction of sp³-hybridized carbons (Fsp3) is 0. The molecule has 3 aromatic carbocycles. The standard InChI is InChI=1S/C23H8F6IO2S2/c24-11-7-14-16(20(28)18(11)26)17-15(8-12(25)19(27)21(17)29)34(14)10-3-1-9(2-4-10)32-23(31)22-13(30)5-6-33-22/h1-8H/q+1. The molecule has 0 amide bonds. The SMILES string of the molecule is O=C(Oc1ccc(-[s+]2c3cc(F)c(F)c(F)c3c3c(F)c(F)c(F)cc32)cc1)c1sccc1I. The molecule has 34 heavy (non-hydrogen) atoms. The maximum Gasteiger partial charge on any atom is 0.354 e. The Kier molecular flexibility index (Phi) is 5.81. The summed E-state index contributed by atoms with van der Waals surface area (Å²) in [7, 11) is -1.49. The van der Waals surface area contributed by atoms with Crippen LogP contribution in [0.3, 0.4) is 0 Å². The maximum atomic E-state index is 14.7. The van der Waals surface area contributed by atoms with E-state index in [0.717, 1.165) is 3.57 Å². The lowest BCUT2D eigenvalue weighted by Crippen LogP contribution is -2.07. The topological polar surface area (TPSA) is 26.3 Å². The molecule has 2 aromatic heterocycles. The summed E-state index contributed by atoms with van der Waals surface area (Å²) in [6.07, 6.45) is 0. The molecule has 5 aromatic rings. The van der Waals surface area contributed by atoms with Gasteiger partial charge in [-0.2, -0.15) is 0 Å². The molecule has 172 valence electrons. The summed E-state index contributed by atoms with van der Waals surface area (Å²) >= 11 is 3.20. The van der Waals surface area contributed by atoms with Crippen LogP contribution in [0.5, 0.6) is 5.75 Å². The number of rotatable bonds is 3. The second-order valence-corrected chi connectivity index (χ2v) is 11.0. The summed E-state index contributed by atoms with van der Waals surface area (Å²) in [4.78, 5) is 13.1. The van der Waals surface area contributed by atoms with Gasteiger partial charge in [0, 0.05) is 38.3 Å². The van der Waals surface area contributed by atoms with Gasteiger partial charge in [0.1, 0.15) is 10.6 Å². The molecule has 0 aliphatic heterocycles. The molecular formula is C23H8F6IO2S2+. The van der Waals surface area contributed by atoms with Crippen molar-refractivity contribution < 1.29 is 35.9 Å². The van der Waals surface area contributed by atoms with Crippen LogP contribution >= 0.6 is 44.4 Å². The second kappa shape index (κ2) is 8.54. The minimum atomic E-state index is -1.84. The van der Waals surface area contributed by atoms with Crippen LogP contribution in [0.4, 0.5) is 26.3 Å².